The lowest BCUT2D eigenvalue weighted by Gasteiger charge is -2.67. The highest BCUT2D eigenvalue weighted by Gasteiger charge is 2.75. The number of esters is 4. The van der Waals surface area contributed by atoms with Gasteiger partial charge in [-0.1, -0.05) is 27.4 Å². The molecule has 204 valence electrons. The third-order valence-corrected chi connectivity index (χ3v) is 9.45. The maximum Gasteiger partial charge on any atom is 0.303 e. The van der Waals surface area contributed by atoms with Gasteiger partial charge in [-0.15, -0.1) is 0 Å². The van der Waals surface area contributed by atoms with Gasteiger partial charge in [0.1, 0.15) is 24.4 Å². The van der Waals surface area contributed by atoms with Crippen LogP contribution in [0.3, 0.4) is 0 Å². The third-order valence-electron chi connectivity index (χ3n) is 9.45. The molecule has 4 saturated carbocycles. The minimum atomic E-state index is -0.934. The summed E-state index contributed by atoms with van der Waals surface area (Å²) in [6, 6.07) is 0. The average molecular weight is 519 g/mol. The molecule has 0 aromatic carbocycles. The molecule has 0 radical (unpaired) electrons. The number of hydrogen-bond donors (Lipinski definition) is 0. The van der Waals surface area contributed by atoms with Gasteiger partial charge in [-0.3, -0.25) is 24.0 Å². The van der Waals surface area contributed by atoms with Crippen LogP contribution < -0.4 is 0 Å². The SMILES string of the molecule is C=C1C(=O)[C@]23C[C@H]1C[C@@H](OC(C)=O)[C@H]2[C@]1(C)C[C@H](OC(C)=O)[C@H](OC(C)=O)C(C)(C)[C@H]1[C@@H](OC(C)=O)C3. The summed E-state index contributed by atoms with van der Waals surface area (Å²) in [6.07, 6.45) is -1.33. The molecule has 0 aromatic rings. The maximum atomic E-state index is 13.9. The van der Waals surface area contributed by atoms with Crippen molar-refractivity contribution in [3.8, 4) is 0 Å². The first kappa shape index (κ1) is 27.3. The summed E-state index contributed by atoms with van der Waals surface area (Å²) in [5.74, 6) is -2.98. The molecule has 1 spiro atoms. The summed E-state index contributed by atoms with van der Waals surface area (Å²) >= 11 is 0. The average Bonchev–Trinajstić information content (AvgIpc) is 2.89. The summed E-state index contributed by atoms with van der Waals surface area (Å²) in [5.41, 5.74) is -2.04. The monoisotopic (exact) mass is 518 g/mol. The predicted molar refractivity (Wildman–Crippen MR) is 130 cm³/mol. The van der Waals surface area contributed by atoms with Crippen molar-refractivity contribution in [2.24, 2.45) is 34.0 Å². The van der Waals surface area contributed by atoms with Crippen molar-refractivity contribution in [2.45, 2.75) is 98.6 Å². The molecule has 4 fully saturated rings. The summed E-state index contributed by atoms with van der Waals surface area (Å²) in [5, 5.41) is 0. The van der Waals surface area contributed by atoms with Gasteiger partial charge in [0.25, 0.3) is 0 Å². The van der Waals surface area contributed by atoms with E-state index >= 15 is 0 Å². The van der Waals surface area contributed by atoms with E-state index in [1.807, 2.05) is 20.8 Å². The molecule has 9 heteroatoms. The number of carbonyl (C=O) groups excluding carboxylic acids is 5. The van der Waals surface area contributed by atoms with E-state index in [9.17, 15) is 24.0 Å². The summed E-state index contributed by atoms with van der Waals surface area (Å²) in [4.78, 5) is 62.8. The summed E-state index contributed by atoms with van der Waals surface area (Å²) < 4.78 is 23.4. The molecule has 4 aliphatic carbocycles. The highest BCUT2D eigenvalue weighted by molar-refractivity contribution is 6.03. The molecule has 0 aliphatic heterocycles. The van der Waals surface area contributed by atoms with Crippen LogP contribution in [0.4, 0.5) is 0 Å². The van der Waals surface area contributed by atoms with Gasteiger partial charge >= 0.3 is 23.9 Å². The van der Waals surface area contributed by atoms with E-state index in [4.69, 9.17) is 18.9 Å². The molecule has 0 aromatic heterocycles. The molecule has 9 nitrogen and oxygen atoms in total. The Balaban J connectivity index is 1.94. The predicted octanol–water partition coefficient (Wildman–Crippen LogP) is 3.32. The number of fused-ring (bicyclic) bond motifs is 3. The number of Topliss-reactive ketones (excluding diaryl/α,β-unsaturated/α-hetero) is 1. The van der Waals surface area contributed by atoms with E-state index in [1.54, 1.807) is 0 Å². The van der Waals surface area contributed by atoms with Crippen molar-refractivity contribution >= 4 is 29.7 Å². The fourth-order valence-corrected chi connectivity index (χ4v) is 9.04. The van der Waals surface area contributed by atoms with Gasteiger partial charge in [0, 0.05) is 50.4 Å². The Morgan fingerprint density at radius 1 is 0.730 bits per heavy atom. The van der Waals surface area contributed by atoms with E-state index in [1.165, 1.54) is 27.7 Å². The van der Waals surface area contributed by atoms with Crippen LogP contribution >= 0.6 is 0 Å². The van der Waals surface area contributed by atoms with Crippen LogP contribution in [-0.4, -0.2) is 54.1 Å². The van der Waals surface area contributed by atoms with Gasteiger partial charge in [-0.2, -0.15) is 0 Å². The largest absolute Gasteiger partial charge is 0.462 e. The van der Waals surface area contributed by atoms with Gasteiger partial charge in [-0.05, 0) is 42.6 Å². The minimum absolute atomic E-state index is 0.0714. The Kier molecular flexibility index (Phi) is 6.61. The minimum Gasteiger partial charge on any atom is -0.462 e. The molecule has 9 atom stereocenters. The van der Waals surface area contributed by atoms with Gasteiger partial charge in [0.2, 0.25) is 0 Å². The maximum absolute atomic E-state index is 13.9. The lowest BCUT2D eigenvalue weighted by Crippen LogP contribution is -2.71. The standard InChI is InChI=1S/C28H38O9/c1-13-18-9-19(34-14(2)29)23-27(8)11-21(36-16(4)31)25(37-17(5)32)26(6,7)22(27)20(35-15(3)30)12-28(23,10-18)24(13)33/h18-23,25H,1,9-12H2,2-8H3/t18-,19-,20+,21+,22-,23+,25+,27-,28+/m1/s1. The third kappa shape index (κ3) is 4.18. The molecule has 0 amide bonds. The van der Waals surface area contributed by atoms with Crippen LogP contribution in [0.5, 0.6) is 0 Å². The van der Waals surface area contributed by atoms with E-state index in [-0.39, 0.29) is 24.5 Å². The van der Waals surface area contributed by atoms with Gasteiger partial charge in [0.15, 0.2) is 5.78 Å². The first-order valence-electron chi connectivity index (χ1n) is 13.0. The molecule has 0 saturated heterocycles. The van der Waals surface area contributed by atoms with Gasteiger partial charge in [0.05, 0.1) is 0 Å². The Hall–Kier alpha value is -2.71. The van der Waals surface area contributed by atoms with Crippen LogP contribution in [0.2, 0.25) is 0 Å². The van der Waals surface area contributed by atoms with E-state index in [0.29, 0.717) is 18.4 Å². The second-order valence-electron chi connectivity index (χ2n) is 12.3. The Labute approximate surface area is 217 Å². The molecule has 0 unspecified atom stereocenters. The first-order valence-corrected chi connectivity index (χ1v) is 13.0. The van der Waals surface area contributed by atoms with E-state index in [2.05, 4.69) is 6.58 Å². The number of carbonyl (C=O) groups is 5. The molecular formula is C28H38O9. The number of rotatable bonds is 4. The van der Waals surface area contributed by atoms with Crippen molar-refractivity contribution in [1.29, 1.82) is 0 Å². The Morgan fingerprint density at radius 3 is 1.78 bits per heavy atom. The summed E-state index contributed by atoms with van der Waals surface area (Å²) in [7, 11) is 0. The second kappa shape index (κ2) is 8.95. The lowest BCUT2D eigenvalue weighted by molar-refractivity contribution is -0.273. The quantitative estimate of drug-likeness (QED) is 0.313. The highest BCUT2D eigenvalue weighted by Crippen LogP contribution is 2.72. The number of allylic oxidation sites excluding steroid dienone is 1. The van der Waals surface area contributed by atoms with Crippen LogP contribution in [0.25, 0.3) is 0 Å². The molecule has 0 heterocycles. The number of hydrogen-bond acceptors (Lipinski definition) is 9. The molecule has 37 heavy (non-hydrogen) atoms. The molecular weight excluding hydrogens is 480 g/mol. The van der Waals surface area contributed by atoms with E-state index < -0.39 is 76.4 Å². The fraction of sp³-hybridized carbons (Fsp3) is 0.750. The van der Waals surface area contributed by atoms with Crippen molar-refractivity contribution in [3.05, 3.63) is 12.2 Å². The van der Waals surface area contributed by atoms with Gasteiger partial charge < -0.3 is 18.9 Å². The van der Waals surface area contributed by atoms with Crippen molar-refractivity contribution in [1.82, 2.24) is 0 Å². The normalized spacial score (nSPS) is 41.6. The smallest absolute Gasteiger partial charge is 0.303 e. The van der Waals surface area contributed by atoms with Crippen LogP contribution in [0, 0.1) is 34.0 Å². The number of ether oxygens (including phenoxy) is 4. The zero-order chi connectivity index (χ0) is 27.7. The first-order chi connectivity index (χ1) is 17.0. The Morgan fingerprint density at radius 2 is 1.24 bits per heavy atom. The highest BCUT2D eigenvalue weighted by atomic mass is 16.6. The van der Waals surface area contributed by atoms with Crippen molar-refractivity contribution in [2.75, 3.05) is 0 Å². The van der Waals surface area contributed by atoms with Crippen LogP contribution in [-0.2, 0) is 42.9 Å². The fourth-order valence-electron chi connectivity index (χ4n) is 9.04. The second-order valence-corrected chi connectivity index (χ2v) is 12.3. The molecule has 0 N–H and O–H groups in total. The molecule has 2 bridgehead atoms. The summed E-state index contributed by atoms with van der Waals surface area (Å²) in [6.45, 7) is 15.2. The Bertz CT molecular complexity index is 1060. The van der Waals surface area contributed by atoms with E-state index in [0.717, 1.165) is 0 Å². The number of ketones is 1. The van der Waals surface area contributed by atoms with Gasteiger partial charge in [-0.25, -0.2) is 0 Å². The topological polar surface area (TPSA) is 122 Å². The van der Waals surface area contributed by atoms with Crippen molar-refractivity contribution < 1.29 is 42.9 Å². The van der Waals surface area contributed by atoms with Crippen LogP contribution in [0.15, 0.2) is 12.2 Å². The molecule has 4 rings (SSSR count). The van der Waals surface area contributed by atoms with Crippen LogP contribution in [0.1, 0.15) is 74.1 Å². The zero-order valence-corrected chi connectivity index (χ0v) is 22.8. The zero-order valence-electron chi connectivity index (χ0n) is 22.8. The lowest BCUT2D eigenvalue weighted by atomic mass is 9.39. The molecule has 4 aliphatic rings. The van der Waals surface area contributed by atoms with Crippen molar-refractivity contribution in [3.63, 3.8) is 0 Å².